The molecule has 4 rings (SSSR count). The molecule has 0 aromatic heterocycles. The maximum atomic E-state index is 13.6. The summed E-state index contributed by atoms with van der Waals surface area (Å²) in [6.45, 7) is -0.976. The average Bonchev–Trinajstić information content (AvgIpc) is 3.16. The molecule has 6 nitrogen and oxygen atoms in total. The van der Waals surface area contributed by atoms with Crippen molar-refractivity contribution >= 4 is 17.5 Å². The van der Waals surface area contributed by atoms with Gasteiger partial charge in [0, 0.05) is 30.9 Å². The SMILES string of the molecule is O=C(c1cc(C(F)(F)F)cc(C(F)(F)F)c1)N1CCC2(CC1)C(=O)N(CCC(O)C(F)(F)F)CN2c1ccccc1. The predicted molar refractivity (Wildman–Crippen MR) is 126 cm³/mol. The van der Waals surface area contributed by atoms with Gasteiger partial charge in [-0.1, -0.05) is 18.2 Å². The fourth-order valence-corrected chi connectivity index (χ4v) is 5.16. The van der Waals surface area contributed by atoms with E-state index in [1.807, 2.05) is 0 Å². The Morgan fingerprint density at radius 2 is 1.41 bits per heavy atom. The van der Waals surface area contributed by atoms with Crippen LogP contribution in [0.15, 0.2) is 48.5 Å². The summed E-state index contributed by atoms with van der Waals surface area (Å²) >= 11 is 0. The average molecular weight is 597 g/mol. The molecule has 2 saturated heterocycles. The minimum Gasteiger partial charge on any atom is -0.384 e. The largest absolute Gasteiger partial charge is 0.416 e. The van der Waals surface area contributed by atoms with Gasteiger partial charge in [-0.15, -0.1) is 0 Å². The first-order valence-electron chi connectivity index (χ1n) is 12.4. The first kappa shape index (κ1) is 30.5. The summed E-state index contributed by atoms with van der Waals surface area (Å²) in [4.78, 5) is 30.5. The maximum absolute atomic E-state index is 13.6. The van der Waals surface area contributed by atoms with Crippen molar-refractivity contribution in [3.63, 3.8) is 0 Å². The van der Waals surface area contributed by atoms with Crippen LogP contribution < -0.4 is 4.90 Å². The second kappa shape index (κ2) is 10.7. The molecular weight excluding hydrogens is 573 g/mol. The van der Waals surface area contributed by atoms with E-state index in [-0.39, 0.29) is 38.7 Å². The Morgan fingerprint density at radius 1 is 0.878 bits per heavy atom. The molecule has 2 aromatic carbocycles. The van der Waals surface area contributed by atoms with Gasteiger partial charge in [0.25, 0.3) is 5.91 Å². The van der Waals surface area contributed by atoms with Crippen molar-refractivity contribution in [2.75, 3.05) is 31.2 Å². The Bertz CT molecular complexity index is 1240. The molecule has 2 aliphatic heterocycles. The number of rotatable bonds is 5. The van der Waals surface area contributed by atoms with Crippen molar-refractivity contribution in [1.82, 2.24) is 9.80 Å². The number of aliphatic hydroxyl groups excluding tert-OH is 1. The molecule has 0 aliphatic carbocycles. The van der Waals surface area contributed by atoms with Crippen LogP contribution in [0.5, 0.6) is 0 Å². The third-order valence-electron chi connectivity index (χ3n) is 7.34. The molecule has 2 amide bonds. The Kier molecular flexibility index (Phi) is 7.97. The second-order valence-electron chi connectivity index (χ2n) is 9.94. The van der Waals surface area contributed by atoms with E-state index in [2.05, 4.69) is 0 Å². The van der Waals surface area contributed by atoms with Crippen LogP contribution in [0.4, 0.5) is 45.2 Å². The zero-order valence-electron chi connectivity index (χ0n) is 21.2. The Labute approximate surface area is 227 Å². The highest BCUT2D eigenvalue weighted by molar-refractivity contribution is 5.96. The minimum atomic E-state index is -5.14. The van der Waals surface area contributed by atoms with Gasteiger partial charge in [0.15, 0.2) is 6.10 Å². The number of piperidine rings is 1. The van der Waals surface area contributed by atoms with Crippen LogP contribution in [0, 0.1) is 0 Å². The van der Waals surface area contributed by atoms with E-state index in [4.69, 9.17) is 0 Å². The van der Waals surface area contributed by atoms with Crippen molar-refractivity contribution in [2.24, 2.45) is 0 Å². The summed E-state index contributed by atoms with van der Waals surface area (Å²) < 4.78 is 118. The van der Waals surface area contributed by atoms with Gasteiger partial charge in [-0.25, -0.2) is 0 Å². The van der Waals surface area contributed by atoms with E-state index in [1.165, 1.54) is 0 Å². The van der Waals surface area contributed by atoms with Crippen LogP contribution >= 0.6 is 0 Å². The van der Waals surface area contributed by atoms with Crippen molar-refractivity contribution in [2.45, 2.75) is 49.4 Å². The minimum absolute atomic E-state index is 0.0821. The van der Waals surface area contributed by atoms with Crippen LogP contribution in [0.3, 0.4) is 0 Å². The van der Waals surface area contributed by atoms with Gasteiger partial charge >= 0.3 is 18.5 Å². The van der Waals surface area contributed by atoms with Gasteiger partial charge in [0.1, 0.15) is 5.54 Å². The number of aliphatic hydroxyl groups is 1. The lowest BCUT2D eigenvalue weighted by Gasteiger charge is -2.43. The van der Waals surface area contributed by atoms with E-state index < -0.39 is 71.6 Å². The first-order chi connectivity index (χ1) is 18.9. The number of likely N-dealkylation sites (tertiary alicyclic amines) is 1. The van der Waals surface area contributed by atoms with Gasteiger partial charge < -0.3 is 19.8 Å². The number of hydrogen-bond acceptors (Lipinski definition) is 4. The quantitative estimate of drug-likeness (QED) is 0.475. The third kappa shape index (κ3) is 6.23. The summed E-state index contributed by atoms with van der Waals surface area (Å²) in [6, 6.07) is 8.99. The molecule has 0 radical (unpaired) electrons. The molecule has 1 spiro atoms. The number of nitrogens with zero attached hydrogens (tertiary/aromatic N) is 3. The Balaban J connectivity index is 1.58. The number of anilines is 1. The van der Waals surface area contributed by atoms with Crippen LogP contribution in [0.2, 0.25) is 0 Å². The lowest BCUT2D eigenvalue weighted by molar-refractivity contribution is -0.206. The van der Waals surface area contributed by atoms with Crippen LogP contribution in [0.25, 0.3) is 0 Å². The van der Waals surface area contributed by atoms with E-state index in [9.17, 15) is 54.2 Å². The van der Waals surface area contributed by atoms with E-state index >= 15 is 0 Å². The molecule has 2 aromatic rings. The van der Waals surface area contributed by atoms with Crippen molar-refractivity contribution < 1.29 is 54.2 Å². The zero-order chi connectivity index (χ0) is 30.4. The summed E-state index contributed by atoms with van der Waals surface area (Å²) in [5, 5.41) is 9.40. The fraction of sp³-hybridized carbons (Fsp3) is 0.462. The second-order valence-corrected chi connectivity index (χ2v) is 9.94. The summed E-state index contributed by atoms with van der Waals surface area (Å²) in [5.41, 5.74) is -4.87. The normalized spacial score (nSPS) is 18.8. The number of halogens is 9. The molecular formula is C26H24F9N3O3. The number of amides is 2. The molecule has 0 bridgehead atoms. The monoisotopic (exact) mass is 597 g/mol. The smallest absolute Gasteiger partial charge is 0.384 e. The standard InChI is InChI=1S/C26H24F9N3O3/c27-24(28,29)17-12-16(13-18(14-17)25(30,31)32)21(40)36-10-7-23(8-11-36)22(41)37(9-6-20(39)26(33,34)35)15-38(23)19-4-2-1-3-5-19/h1-5,12-14,20,39H,6-11,15H2. The van der Waals surface area contributed by atoms with Gasteiger partial charge in [-0.05, 0) is 49.6 Å². The molecule has 1 unspecified atom stereocenters. The molecule has 2 heterocycles. The number of carbonyl (C=O) groups excluding carboxylic acids is 2. The van der Waals surface area contributed by atoms with Gasteiger partial charge in [0.05, 0.1) is 17.8 Å². The summed E-state index contributed by atoms with van der Waals surface area (Å²) in [7, 11) is 0. The topological polar surface area (TPSA) is 64.1 Å². The van der Waals surface area contributed by atoms with Crippen molar-refractivity contribution in [1.29, 1.82) is 0 Å². The molecule has 15 heteroatoms. The van der Waals surface area contributed by atoms with E-state index in [1.54, 1.807) is 35.2 Å². The highest BCUT2D eigenvalue weighted by Crippen LogP contribution is 2.41. The third-order valence-corrected chi connectivity index (χ3v) is 7.34. The van der Waals surface area contributed by atoms with Crippen molar-refractivity contribution in [3.8, 4) is 0 Å². The lowest BCUT2D eigenvalue weighted by atomic mass is 9.85. The van der Waals surface area contributed by atoms with E-state index in [0.29, 0.717) is 17.8 Å². The Morgan fingerprint density at radius 3 is 1.90 bits per heavy atom. The number of hydrogen-bond donors (Lipinski definition) is 1. The highest BCUT2D eigenvalue weighted by atomic mass is 19.4. The van der Waals surface area contributed by atoms with Gasteiger partial charge in [-0.2, -0.15) is 39.5 Å². The van der Waals surface area contributed by atoms with Crippen LogP contribution in [0.1, 0.15) is 40.7 Å². The maximum Gasteiger partial charge on any atom is 0.416 e. The molecule has 224 valence electrons. The molecule has 2 fully saturated rings. The number of alkyl halides is 9. The Hall–Kier alpha value is -3.49. The van der Waals surface area contributed by atoms with Crippen LogP contribution in [-0.4, -0.2) is 70.8 Å². The summed E-state index contributed by atoms with van der Waals surface area (Å²) in [5.74, 6) is -1.64. The molecule has 1 N–H and O–H groups in total. The number of benzene rings is 2. The molecule has 0 saturated carbocycles. The van der Waals surface area contributed by atoms with Gasteiger partial charge in [0.2, 0.25) is 5.91 Å². The van der Waals surface area contributed by atoms with Gasteiger partial charge in [-0.3, -0.25) is 9.59 Å². The number of carbonyl (C=O) groups is 2. The molecule has 41 heavy (non-hydrogen) atoms. The summed E-state index contributed by atoms with van der Waals surface area (Å²) in [6.07, 6.45) is -18.7. The predicted octanol–water partition coefficient (Wildman–Crippen LogP) is 5.32. The van der Waals surface area contributed by atoms with Crippen molar-refractivity contribution in [3.05, 3.63) is 65.2 Å². The number of para-hydroxylation sites is 1. The molecule has 2 aliphatic rings. The lowest BCUT2D eigenvalue weighted by Crippen LogP contribution is -2.57. The van der Waals surface area contributed by atoms with Crippen LogP contribution in [-0.2, 0) is 17.1 Å². The first-order valence-corrected chi connectivity index (χ1v) is 12.4. The van der Waals surface area contributed by atoms with E-state index in [0.717, 1.165) is 9.80 Å². The zero-order valence-corrected chi connectivity index (χ0v) is 21.2. The molecule has 1 atom stereocenters. The fourth-order valence-electron chi connectivity index (χ4n) is 5.16. The highest BCUT2D eigenvalue weighted by Gasteiger charge is 2.54.